The standard InChI is InChI=1S/C11H12BrClO2/c1-2-3-9(14)7-15-11-6-8(12)4-5-10(11)13/h4-6H,2-3,7H2,1H3. The highest BCUT2D eigenvalue weighted by molar-refractivity contribution is 9.10. The fourth-order valence-electron chi connectivity index (χ4n) is 1.10. The third-order valence-corrected chi connectivity index (χ3v) is 2.62. The molecule has 4 heteroatoms. The Bertz CT molecular complexity index is 352. The van der Waals surface area contributed by atoms with Crippen molar-refractivity contribution >= 4 is 33.3 Å². The monoisotopic (exact) mass is 290 g/mol. The van der Waals surface area contributed by atoms with E-state index in [1.165, 1.54) is 0 Å². The SMILES string of the molecule is CCCC(=O)COc1cc(Br)ccc1Cl. The first-order valence-corrected chi connectivity index (χ1v) is 5.90. The maximum absolute atomic E-state index is 11.2. The Kier molecular flexibility index (Phi) is 5.12. The number of carbonyl (C=O) groups excluding carboxylic acids is 1. The minimum absolute atomic E-state index is 0.0873. The molecule has 1 aromatic carbocycles. The van der Waals surface area contributed by atoms with Crippen molar-refractivity contribution in [2.24, 2.45) is 0 Å². The molecule has 0 amide bonds. The van der Waals surface area contributed by atoms with Crippen LogP contribution < -0.4 is 4.74 Å². The molecule has 2 nitrogen and oxygen atoms in total. The second-order valence-corrected chi connectivity index (χ2v) is 4.47. The molecule has 15 heavy (non-hydrogen) atoms. The number of Topliss-reactive ketones (excluding diaryl/α,β-unsaturated/α-hetero) is 1. The number of halogens is 2. The van der Waals surface area contributed by atoms with Crippen molar-refractivity contribution in [3.05, 3.63) is 27.7 Å². The fraction of sp³-hybridized carbons (Fsp3) is 0.364. The minimum Gasteiger partial charge on any atom is -0.484 e. The lowest BCUT2D eigenvalue weighted by molar-refractivity contribution is -0.121. The van der Waals surface area contributed by atoms with Crippen LogP contribution in [0.15, 0.2) is 22.7 Å². The lowest BCUT2D eigenvalue weighted by Crippen LogP contribution is -2.10. The highest BCUT2D eigenvalue weighted by Gasteiger charge is 2.05. The van der Waals surface area contributed by atoms with Crippen LogP contribution in [-0.2, 0) is 4.79 Å². The third-order valence-electron chi connectivity index (χ3n) is 1.81. The van der Waals surface area contributed by atoms with Gasteiger partial charge in [0.15, 0.2) is 5.78 Å². The van der Waals surface area contributed by atoms with Gasteiger partial charge in [-0.3, -0.25) is 4.79 Å². The summed E-state index contributed by atoms with van der Waals surface area (Å²) in [6.07, 6.45) is 1.39. The van der Waals surface area contributed by atoms with Gasteiger partial charge in [-0.15, -0.1) is 0 Å². The Labute approximate surface area is 103 Å². The van der Waals surface area contributed by atoms with E-state index < -0.39 is 0 Å². The molecule has 0 bridgehead atoms. The zero-order chi connectivity index (χ0) is 11.3. The van der Waals surface area contributed by atoms with Crippen LogP contribution in [0.1, 0.15) is 19.8 Å². The van der Waals surface area contributed by atoms with E-state index in [0.717, 1.165) is 10.9 Å². The van der Waals surface area contributed by atoms with Crippen LogP contribution in [0.25, 0.3) is 0 Å². The van der Waals surface area contributed by atoms with Gasteiger partial charge >= 0.3 is 0 Å². The topological polar surface area (TPSA) is 26.3 Å². The largest absolute Gasteiger partial charge is 0.484 e. The molecule has 0 aliphatic heterocycles. The van der Waals surface area contributed by atoms with E-state index in [0.29, 0.717) is 17.2 Å². The summed E-state index contributed by atoms with van der Waals surface area (Å²) >= 11 is 9.21. The molecule has 0 saturated carbocycles. The Morgan fingerprint density at radius 1 is 1.53 bits per heavy atom. The van der Waals surface area contributed by atoms with E-state index in [2.05, 4.69) is 15.9 Å². The van der Waals surface area contributed by atoms with Gasteiger partial charge in [0.2, 0.25) is 0 Å². The van der Waals surface area contributed by atoms with Crippen LogP contribution in [0.4, 0.5) is 0 Å². The average molecular weight is 292 g/mol. The summed E-state index contributed by atoms with van der Waals surface area (Å²) in [6, 6.07) is 5.30. The van der Waals surface area contributed by atoms with Crippen molar-refractivity contribution in [1.29, 1.82) is 0 Å². The highest BCUT2D eigenvalue weighted by Crippen LogP contribution is 2.27. The summed E-state index contributed by atoms with van der Waals surface area (Å²) in [5.74, 6) is 0.629. The predicted octanol–water partition coefficient (Wildman–Crippen LogP) is 3.85. The Morgan fingerprint density at radius 3 is 2.93 bits per heavy atom. The first kappa shape index (κ1) is 12.5. The lowest BCUT2D eigenvalue weighted by Gasteiger charge is -2.07. The Morgan fingerprint density at radius 2 is 2.27 bits per heavy atom. The van der Waals surface area contributed by atoms with Crippen LogP contribution in [0.2, 0.25) is 5.02 Å². The van der Waals surface area contributed by atoms with Crippen molar-refractivity contribution in [3.63, 3.8) is 0 Å². The smallest absolute Gasteiger partial charge is 0.170 e. The van der Waals surface area contributed by atoms with Gasteiger partial charge in [0, 0.05) is 10.9 Å². The van der Waals surface area contributed by atoms with Crippen molar-refractivity contribution < 1.29 is 9.53 Å². The van der Waals surface area contributed by atoms with E-state index in [-0.39, 0.29) is 12.4 Å². The molecule has 0 fully saturated rings. The molecule has 1 aromatic rings. The molecular formula is C11H12BrClO2. The second-order valence-electron chi connectivity index (χ2n) is 3.15. The van der Waals surface area contributed by atoms with Gasteiger partial charge in [0.25, 0.3) is 0 Å². The molecule has 0 N–H and O–H groups in total. The van der Waals surface area contributed by atoms with Crippen LogP contribution >= 0.6 is 27.5 Å². The molecule has 0 aromatic heterocycles. The molecule has 0 saturated heterocycles. The number of benzene rings is 1. The number of hydrogen-bond acceptors (Lipinski definition) is 2. The van der Waals surface area contributed by atoms with E-state index in [4.69, 9.17) is 16.3 Å². The maximum atomic E-state index is 11.2. The maximum Gasteiger partial charge on any atom is 0.170 e. The molecule has 0 radical (unpaired) electrons. The molecule has 0 heterocycles. The summed E-state index contributed by atoms with van der Waals surface area (Å²) in [7, 11) is 0. The number of hydrogen-bond donors (Lipinski definition) is 0. The number of ether oxygens (including phenoxy) is 1. The van der Waals surface area contributed by atoms with Crippen molar-refractivity contribution in [3.8, 4) is 5.75 Å². The third kappa shape index (κ3) is 4.22. The zero-order valence-electron chi connectivity index (χ0n) is 8.43. The molecule has 0 aliphatic carbocycles. The second kappa shape index (κ2) is 6.13. The Hall–Kier alpha value is -0.540. The fourth-order valence-corrected chi connectivity index (χ4v) is 1.61. The average Bonchev–Trinajstić information content (AvgIpc) is 2.20. The lowest BCUT2D eigenvalue weighted by atomic mass is 10.2. The number of carbonyl (C=O) groups is 1. The van der Waals surface area contributed by atoms with Crippen LogP contribution in [0.3, 0.4) is 0 Å². The minimum atomic E-state index is 0.0873. The van der Waals surface area contributed by atoms with Gasteiger partial charge in [0.1, 0.15) is 12.4 Å². The summed E-state index contributed by atoms with van der Waals surface area (Å²) in [5.41, 5.74) is 0. The van der Waals surface area contributed by atoms with Gasteiger partial charge < -0.3 is 4.74 Å². The quantitative estimate of drug-likeness (QED) is 0.823. The van der Waals surface area contributed by atoms with Gasteiger partial charge in [-0.05, 0) is 24.6 Å². The van der Waals surface area contributed by atoms with Crippen LogP contribution in [0.5, 0.6) is 5.75 Å². The summed E-state index contributed by atoms with van der Waals surface area (Å²) < 4.78 is 6.20. The molecule has 0 aliphatic rings. The first-order chi connectivity index (χ1) is 7.13. The van der Waals surface area contributed by atoms with Crippen molar-refractivity contribution in [1.82, 2.24) is 0 Å². The van der Waals surface area contributed by atoms with E-state index in [1.54, 1.807) is 12.1 Å². The summed E-state index contributed by atoms with van der Waals surface area (Å²) in [5, 5.41) is 0.516. The van der Waals surface area contributed by atoms with E-state index >= 15 is 0 Å². The number of ketones is 1. The summed E-state index contributed by atoms with van der Waals surface area (Å²) in [6.45, 7) is 2.05. The van der Waals surface area contributed by atoms with Crippen molar-refractivity contribution in [2.75, 3.05) is 6.61 Å². The van der Waals surface area contributed by atoms with Gasteiger partial charge in [-0.2, -0.15) is 0 Å². The predicted molar refractivity (Wildman–Crippen MR) is 64.6 cm³/mol. The highest BCUT2D eigenvalue weighted by atomic mass is 79.9. The molecule has 0 unspecified atom stereocenters. The van der Waals surface area contributed by atoms with Crippen LogP contribution in [0, 0.1) is 0 Å². The van der Waals surface area contributed by atoms with E-state index in [1.807, 2.05) is 13.0 Å². The van der Waals surface area contributed by atoms with Crippen LogP contribution in [-0.4, -0.2) is 12.4 Å². The number of rotatable bonds is 5. The molecule has 0 spiro atoms. The van der Waals surface area contributed by atoms with Gasteiger partial charge in [-0.25, -0.2) is 0 Å². The molecule has 0 atom stereocenters. The first-order valence-electron chi connectivity index (χ1n) is 4.73. The van der Waals surface area contributed by atoms with Crippen molar-refractivity contribution in [2.45, 2.75) is 19.8 Å². The van der Waals surface area contributed by atoms with Gasteiger partial charge in [0.05, 0.1) is 5.02 Å². The van der Waals surface area contributed by atoms with E-state index in [9.17, 15) is 4.79 Å². The van der Waals surface area contributed by atoms with Gasteiger partial charge in [-0.1, -0.05) is 34.5 Å². The Balaban J connectivity index is 2.57. The molecule has 82 valence electrons. The molecule has 1 rings (SSSR count). The summed E-state index contributed by atoms with van der Waals surface area (Å²) in [4.78, 5) is 11.2. The zero-order valence-corrected chi connectivity index (χ0v) is 10.8. The normalized spacial score (nSPS) is 10.1. The molecular weight excluding hydrogens is 279 g/mol.